The van der Waals surface area contributed by atoms with Gasteiger partial charge in [0.2, 0.25) is 5.30 Å². The Balaban J connectivity index is 1.87. The molecule has 1 unspecified atom stereocenters. The molecule has 0 saturated carbocycles. The maximum absolute atomic E-state index is 12.4. The summed E-state index contributed by atoms with van der Waals surface area (Å²) >= 11 is 0. The van der Waals surface area contributed by atoms with Gasteiger partial charge in [0.25, 0.3) is 0 Å². The van der Waals surface area contributed by atoms with Crippen molar-refractivity contribution >= 4 is 24.1 Å². The van der Waals surface area contributed by atoms with Crippen LogP contribution in [-0.2, 0) is 9.09 Å². The summed E-state index contributed by atoms with van der Waals surface area (Å²) < 4.78 is 23.4. The summed E-state index contributed by atoms with van der Waals surface area (Å²) in [5.41, 5.74) is 2.17. The van der Waals surface area contributed by atoms with Crippen molar-refractivity contribution < 1.29 is 13.8 Å². The molecule has 1 aliphatic heterocycles. The molecule has 0 radical (unpaired) electrons. The molecular formula is C19H16O3P+. The Morgan fingerprint density at radius 1 is 0.957 bits per heavy atom. The van der Waals surface area contributed by atoms with Gasteiger partial charge in [0, 0.05) is 10.9 Å². The zero-order valence-electron chi connectivity index (χ0n) is 12.8. The molecule has 0 bridgehead atoms. The lowest BCUT2D eigenvalue weighted by molar-refractivity contribution is 0.335. The number of benzene rings is 3. The third-order valence-corrected chi connectivity index (χ3v) is 5.15. The second-order valence-electron chi connectivity index (χ2n) is 5.50. The van der Waals surface area contributed by atoms with Crippen LogP contribution < -0.4 is 10.0 Å². The van der Waals surface area contributed by atoms with E-state index in [-0.39, 0.29) is 0 Å². The highest BCUT2D eigenvalue weighted by atomic mass is 31.1. The Morgan fingerprint density at radius 3 is 2.61 bits per heavy atom. The van der Waals surface area contributed by atoms with E-state index in [4.69, 9.17) is 9.26 Å². The SMILES string of the molecule is CCCO[P+](=O)c1ccc(-c2cccc3c2O3)c2ccccc12. The van der Waals surface area contributed by atoms with E-state index in [1.807, 2.05) is 49.4 Å². The molecule has 1 aliphatic rings. The number of hydrogen-bond acceptors (Lipinski definition) is 3. The lowest BCUT2D eigenvalue weighted by Crippen LogP contribution is -2.02. The molecule has 0 N–H and O–H groups in total. The molecule has 114 valence electrons. The maximum atomic E-state index is 12.4. The number of fused-ring (bicyclic) bond motifs is 2. The normalized spacial score (nSPS) is 12.7. The van der Waals surface area contributed by atoms with Crippen LogP contribution in [0.1, 0.15) is 13.3 Å². The zero-order chi connectivity index (χ0) is 15.8. The van der Waals surface area contributed by atoms with Crippen LogP contribution in [0.4, 0.5) is 0 Å². The van der Waals surface area contributed by atoms with Crippen molar-refractivity contribution in [1.82, 2.24) is 0 Å². The van der Waals surface area contributed by atoms with Crippen molar-refractivity contribution in [3.05, 3.63) is 54.6 Å². The third-order valence-electron chi connectivity index (χ3n) is 3.95. The van der Waals surface area contributed by atoms with Gasteiger partial charge in [0.05, 0.1) is 0 Å². The van der Waals surface area contributed by atoms with Crippen LogP contribution in [0.15, 0.2) is 54.6 Å². The minimum atomic E-state index is -1.84. The summed E-state index contributed by atoms with van der Waals surface area (Å²) in [6.45, 7) is 2.51. The van der Waals surface area contributed by atoms with E-state index in [0.29, 0.717) is 6.61 Å². The largest absolute Gasteiger partial charge is 0.549 e. The first kappa shape index (κ1) is 14.4. The summed E-state index contributed by atoms with van der Waals surface area (Å²) in [6.07, 6.45) is 0.852. The Kier molecular flexibility index (Phi) is 3.60. The van der Waals surface area contributed by atoms with E-state index in [2.05, 4.69) is 12.1 Å². The van der Waals surface area contributed by atoms with Gasteiger partial charge < -0.3 is 4.74 Å². The van der Waals surface area contributed by atoms with Crippen LogP contribution in [0, 0.1) is 0 Å². The van der Waals surface area contributed by atoms with Gasteiger partial charge in [0.1, 0.15) is 6.61 Å². The number of ether oxygens (including phenoxy) is 1. The molecule has 3 aromatic rings. The highest BCUT2D eigenvalue weighted by Crippen LogP contribution is 2.52. The predicted molar refractivity (Wildman–Crippen MR) is 92.9 cm³/mol. The smallest absolute Gasteiger partial charge is 0.449 e. The molecule has 0 spiro atoms. The van der Waals surface area contributed by atoms with Crippen molar-refractivity contribution in [2.45, 2.75) is 13.3 Å². The Bertz CT molecular complexity index is 918. The molecular weight excluding hydrogens is 307 g/mol. The predicted octanol–water partition coefficient (Wildman–Crippen LogP) is 5.41. The highest BCUT2D eigenvalue weighted by molar-refractivity contribution is 7.49. The van der Waals surface area contributed by atoms with Crippen molar-refractivity contribution in [2.75, 3.05) is 6.61 Å². The molecule has 0 aromatic heterocycles. The number of para-hydroxylation sites is 1. The summed E-state index contributed by atoms with van der Waals surface area (Å²) in [7, 11) is -1.84. The fraction of sp³-hybridized carbons (Fsp3) is 0.158. The first-order chi connectivity index (χ1) is 11.3. The molecule has 0 fully saturated rings. The van der Waals surface area contributed by atoms with Gasteiger partial charge in [-0.1, -0.05) is 37.3 Å². The number of rotatable bonds is 5. The molecule has 1 atom stereocenters. The van der Waals surface area contributed by atoms with Crippen molar-refractivity contribution in [3.8, 4) is 22.6 Å². The number of hydrogen-bond donors (Lipinski definition) is 0. The maximum Gasteiger partial charge on any atom is 0.549 e. The van der Waals surface area contributed by atoms with E-state index in [1.165, 1.54) is 0 Å². The summed E-state index contributed by atoms with van der Waals surface area (Å²) in [5.74, 6) is 1.88. The lowest BCUT2D eigenvalue weighted by atomic mass is 9.98. The summed E-state index contributed by atoms with van der Waals surface area (Å²) in [4.78, 5) is 0. The quantitative estimate of drug-likeness (QED) is 0.364. The molecule has 3 aromatic carbocycles. The van der Waals surface area contributed by atoms with Crippen LogP contribution in [0.2, 0.25) is 0 Å². The topological polar surface area (TPSA) is 38.8 Å². The van der Waals surface area contributed by atoms with E-state index in [9.17, 15) is 4.57 Å². The van der Waals surface area contributed by atoms with E-state index in [0.717, 1.165) is 45.1 Å². The minimum Gasteiger partial charge on any atom is -0.449 e. The highest BCUT2D eigenvalue weighted by Gasteiger charge is 2.29. The van der Waals surface area contributed by atoms with Gasteiger partial charge in [-0.15, -0.1) is 4.52 Å². The molecule has 0 amide bonds. The fourth-order valence-electron chi connectivity index (χ4n) is 2.82. The van der Waals surface area contributed by atoms with Crippen LogP contribution in [-0.4, -0.2) is 6.61 Å². The first-order valence-corrected chi connectivity index (χ1v) is 8.90. The zero-order valence-corrected chi connectivity index (χ0v) is 13.7. The van der Waals surface area contributed by atoms with Crippen molar-refractivity contribution in [3.63, 3.8) is 0 Å². The molecule has 4 heteroatoms. The minimum absolute atomic E-state index is 0.505. The van der Waals surface area contributed by atoms with E-state index in [1.54, 1.807) is 0 Å². The third kappa shape index (κ3) is 2.52. The van der Waals surface area contributed by atoms with E-state index >= 15 is 0 Å². The average molecular weight is 323 g/mol. The molecule has 23 heavy (non-hydrogen) atoms. The van der Waals surface area contributed by atoms with Gasteiger partial charge in [-0.2, -0.15) is 0 Å². The lowest BCUT2D eigenvalue weighted by Gasteiger charge is -2.05. The van der Waals surface area contributed by atoms with Crippen LogP contribution in [0.5, 0.6) is 11.5 Å². The molecule has 0 saturated heterocycles. The Morgan fingerprint density at radius 2 is 1.78 bits per heavy atom. The first-order valence-electron chi connectivity index (χ1n) is 7.72. The van der Waals surface area contributed by atoms with E-state index < -0.39 is 8.03 Å². The summed E-state index contributed by atoms with van der Waals surface area (Å²) in [5, 5.41) is 2.79. The van der Waals surface area contributed by atoms with Crippen LogP contribution >= 0.6 is 8.03 Å². The molecule has 3 nitrogen and oxygen atoms in total. The second kappa shape index (κ2) is 5.77. The Labute approximate surface area is 135 Å². The molecule has 1 heterocycles. The standard InChI is InChI=1S/C19H16O3P/c1-2-12-21-23(20)18-11-10-14(13-6-3-4-7-15(13)18)16-8-5-9-17-19(16)22-17/h3-11H,2,12H2,1H3/q+1. The molecule has 4 rings (SSSR count). The Hall–Kier alpha value is -2.22. The van der Waals surface area contributed by atoms with Gasteiger partial charge in [-0.25, -0.2) is 0 Å². The van der Waals surface area contributed by atoms with Gasteiger partial charge in [-0.3, -0.25) is 0 Å². The summed E-state index contributed by atoms with van der Waals surface area (Å²) in [6, 6.07) is 18.0. The fourth-order valence-corrected chi connectivity index (χ4v) is 3.90. The van der Waals surface area contributed by atoms with Gasteiger partial charge in [0.15, 0.2) is 11.5 Å². The van der Waals surface area contributed by atoms with Crippen molar-refractivity contribution in [1.29, 1.82) is 0 Å². The van der Waals surface area contributed by atoms with Crippen molar-refractivity contribution in [2.24, 2.45) is 0 Å². The van der Waals surface area contributed by atoms with Crippen LogP contribution in [0.25, 0.3) is 21.9 Å². The van der Waals surface area contributed by atoms with Crippen LogP contribution in [0.3, 0.4) is 0 Å². The van der Waals surface area contributed by atoms with Gasteiger partial charge in [-0.05, 0) is 46.2 Å². The average Bonchev–Trinajstić information content (AvgIpc) is 3.38. The second-order valence-corrected chi connectivity index (χ2v) is 6.76. The molecule has 0 aliphatic carbocycles. The monoisotopic (exact) mass is 323 g/mol. The van der Waals surface area contributed by atoms with Gasteiger partial charge >= 0.3 is 8.03 Å².